The molecule has 4 rings (SSSR count). The molecule has 0 radical (unpaired) electrons. The highest BCUT2D eigenvalue weighted by Crippen LogP contribution is 2.22. The average Bonchev–Trinajstić information content (AvgIpc) is 3.31. The third kappa shape index (κ3) is 5.45. The van der Waals surface area contributed by atoms with E-state index in [0.717, 1.165) is 11.3 Å². The molecule has 2 aromatic heterocycles. The minimum Gasteiger partial charge on any atom is -0.316 e. The Labute approximate surface area is 200 Å². The van der Waals surface area contributed by atoms with Gasteiger partial charge in [-0.25, -0.2) is 4.39 Å². The fraction of sp³-hybridized carbons (Fsp3) is 0.136. The Morgan fingerprint density at radius 2 is 1.75 bits per heavy atom. The molecule has 0 saturated carbocycles. The normalized spacial score (nSPS) is 10.9. The molecule has 10 heteroatoms. The number of halogens is 3. The van der Waals surface area contributed by atoms with Crippen molar-refractivity contribution in [1.29, 1.82) is 0 Å². The van der Waals surface area contributed by atoms with Gasteiger partial charge < -0.3 is 10.6 Å². The van der Waals surface area contributed by atoms with E-state index in [1.165, 1.54) is 6.07 Å². The van der Waals surface area contributed by atoms with Gasteiger partial charge in [-0.1, -0.05) is 47.5 Å². The number of hydrogen-bond acceptors (Lipinski definition) is 3. The molecule has 0 unspecified atom stereocenters. The van der Waals surface area contributed by atoms with Crippen LogP contribution >= 0.6 is 35.4 Å². The fourth-order valence-corrected chi connectivity index (χ4v) is 3.80. The Hall–Kier alpha value is -2.94. The van der Waals surface area contributed by atoms with Crippen molar-refractivity contribution in [1.82, 2.24) is 19.6 Å². The molecule has 0 bridgehead atoms. The molecule has 0 aliphatic rings. The molecule has 6 nitrogen and oxygen atoms in total. The second-order valence-corrected chi connectivity index (χ2v) is 8.39. The van der Waals surface area contributed by atoms with Gasteiger partial charge in [-0.15, -0.1) is 0 Å². The largest absolute Gasteiger partial charge is 0.316 e. The summed E-state index contributed by atoms with van der Waals surface area (Å²) < 4.78 is 17.3. The summed E-state index contributed by atoms with van der Waals surface area (Å²) >= 11 is 17.6. The topological polar surface area (TPSA) is 59.7 Å². The van der Waals surface area contributed by atoms with Crippen molar-refractivity contribution in [3.05, 3.63) is 93.5 Å². The lowest BCUT2D eigenvalue weighted by molar-refractivity contribution is 0.586. The first-order chi connectivity index (χ1) is 15.4. The third-order valence-corrected chi connectivity index (χ3v) is 5.52. The standard InChI is InChI=1S/C22H19Cl2FN6S/c1-14-10-21(29-31(14)13-15-6-7-17(23)11-18(15)24)27-22(32)26-20-8-9-30(28-20)12-16-4-2-3-5-19(16)25/h2-11H,12-13H2,1H3,(H2,26,27,28,29,32). The van der Waals surface area contributed by atoms with E-state index in [0.29, 0.717) is 45.4 Å². The highest BCUT2D eigenvalue weighted by atomic mass is 35.5. The molecule has 0 spiro atoms. The number of anilines is 2. The molecule has 0 saturated heterocycles. The third-order valence-electron chi connectivity index (χ3n) is 4.73. The summed E-state index contributed by atoms with van der Waals surface area (Å²) in [6.45, 7) is 2.78. The Bertz CT molecular complexity index is 1270. The van der Waals surface area contributed by atoms with Gasteiger partial charge in [-0.05, 0) is 42.9 Å². The number of nitrogens with one attached hydrogen (secondary N) is 2. The Morgan fingerprint density at radius 1 is 0.969 bits per heavy atom. The van der Waals surface area contributed by atoms with Crippen LogP contribution in [0.5, 0.6) is 0 Å². The van der Waals surface area contributed by atoms with Crippen LogP contribution in [0.2, 0.25) is 10.0 Å². The number of nitrogens with zero attached hydrogens (tertiary/aromatic N) is 4. The number of aryl methyl sites for hydroxylation is 1. The summed E-state index contributed by atoms with van der Waals surface area (Å²) in [5, 5.41) is 16.5. The predicted molar refractivity (Wildman–Crippen MR) is 130 cm³/mol. The quantitative estimate of drug-likeness (QED) is 0.339. The van der Waals surface area contributed by atoms with E-state index >= 15 is 0 Å². The minimum atomic E-state index is -0.263. The van der Waals surface area contributed by atoms with Gasteiger partial charge in [0.1, 0.15) is 5.82 Å². The molecular formula is C22H19Cl2FN6S. The number of hydrogen-bond donors (Lipinski definition) is 2. The zero-order valence-corrected chi connectivity index (χ0v) is 19.3. The summed E-state index contributed by atoms with van der Waals surface area (Å²) in [5.41, 5.74) is 2.41. The van der Waals surface area contributed by atoms with E-state index < -0.39 is 0 Å². The molecule has 0 aliphatic carbocycles. The number of rotatable bonds is 6. The molecule has 32 heavy (non-hydrogen) atoms. The van der Waals surface area contributed by atoms with Crippen molar-refractivity contribution in [3.8, 4) is 0 Å². The van der Waals surface area contributed by atoms with Gasteiger partial charge in [0, 0.05) is 39.6 Å². The summed E-state index contributed by atoms with van der Waals surface area (Å²) in [6, 6.07) is 15.6. The lowest BCUT2D eigenvalue weighted by atomic mass is 10.2. The summed E-state index contributed by atoms with van der Waals surface area (Å²) in [4.78, 5) is 0. The molecule has 164 valence electrons. The van der Waals surface area contributed by atoms with Crippen LogP contribution in [0.3, 0.4) is 0 Å². The van der Waals surface area contributed by atoms with Gasteiger partial charge in [0.25, 0.3) is 0 Å². The molecule has 0 aliphatic heterocycles. The fourth-order valence-electron chi connectivity index (χ4n) is 3.12. The smallest absolute Gasteiger partial charge is 0.177 e. The lowest BCUT2D eigenvalue weighted by Crippen LogP contribution is -2.20. The first kappa shape index (κ1) is 22.3. The first-order valence-corrected chi connectivity index (χ1v) is 10.9. The minimum absolute atomic E-state index is 0.263. The van der Waals surface area contributed by atoms with Crippen molar-refractivity contribution in [3.63, 3.8) is 0 Å². The molecule has 2 heterocycles. The van der Waals surface area contributed by atoms with Crippen LogP contribution in [0.25, 0.3) is 0 Å². The Kier molecular flexibility index (Phi) is 6.74. The first-order valence-electron chi connectivity index (χ1n) is 9.70. The number of aromatic nitrogens is 4. The molecule has 4 aromatic rings. The van der Waals surface area contributed by atoms with Gasteiger partial charge >= 0.3 is 0 Å². The predicted octanol–water partition coefficient (Wildman–Crippen LogP) is 5.74. The van der Waals surface area contributed by atoms with E-state index in [-0.39, 0.29) is 5.82 Å². The van der Waals surface area contributed by atoms with Crippen LogP contribution in [-0.2, 0) is 13.1 Å². The highest BCUT2D eigenvalue weighted by molar-refractivity contribution is 7.80. The maximum Gasteiger partial charge on any atom is 0.177 e. The van der Waals surface area contributed by atoms with Crippen molar-refractivity contribution in [2.24, 2.45) is 0 Å². The zero-order valence-electron chi connectivity index (χ0n) is 17.0. The monoisotopic (exact) mass is 488 g/mol. The van der Waals surface area contributed by atoms with E-state index in [1.54, 1.807) is 47.3 Å². The lowest BCUT2D eigenvalue weighted by Gasteiger charge is -2.08. The maximum atomic E-state index is 13.8. The molecule has 2 N–H and O–H groups in total. The van der Waals surface area contributed by atoms with Crippen molar-refractivity contribution in [2.45, 2.75) is 20.0 Å². The van der Waals surface area contributed by atoms with E-state index in [2.05, 4.69) is 20.8 Å². The van der Waals surface area contributed by atoms with E-state index in [1.807, 2.05) is 23.7 Å². The second-order valence-electron chi connectivity index (χ2n) is 7.13. The summed E-state index contributed by atoms with van der Waals surface area (Å²) in [6.07, 6.45) is 1.76. The van der Waals surface area contributed by atoms with Crippen LogP contribution in [-0.4, -0.2) is 24.7 Å². The van der Waals surface area contributed by atoms with Crippen LogP contribution in [0.4, 0.5) is 16.0 Å². The molecule has 2 aromatic carbocycles. The summed E-state index contributed by atoms with van der Waals surface area (Å²) in [5.74, 6) is 0.874. The number of thiocarbonyl (C=S) groups is 1. The van der Waals surface area contributed by atoms with Crippen LogP contribution in [0.15, 0.2) is 60.8 Å². The molecular weight excluding hydrogens is 470 g/mol. The van der Waals surface area contributed by atoms with Gasteiger partial charge in [0.05, 0.1) is 13.1 Å². The molecule has 0 atom stereocenters. The van der Waals surface area contributed by atoms with Crippen molar-refractivity contribution >= 4 is 52.2 Å². The Balaban J connectivity index is 1.37. The van der Waals surface area contributed by atoms with E-state index in [9.17, 15) is 4.39 Å². The van der Waals surface area contributed by atoms with Crippen LogP contribution in [0, 0.1) is 12.7 Å². The number of benzene rings is 2. The summed E-state index contributed by atoms with van der Waals surface area (Å²) in [7, 11) is 0. The van der Waals surface area contributed by atoms with Gasteiger partial charge in [0.2, 0.25) is 0 Å². The Morgan fingerprint density at radius 3 is 2.53 bits per heavy atom. The zero-order chi connectivity index (χ0) is 22.7. The second kappa shape index (κ2) is 9.68. The molecule has 0 amide bonds. The van der Waals surface area contributed by atoms with Gasteiger partial charge in [0.15, 0.2) is 16.7 Å². The maximum absolute atomic E-state index is 13.8. The average molecular weight is 489 g/mol. The van der Waals surface area contributed by atoms with Gasteiger partial charge in [-0.3, -0.25) is 9.36 Å². The van der Waals surface area contributed by atoms with Crippen molar-refractivity contribution < 1.29 is 4.39 Å². The van der Waals surface area contributed by atoms with E-state index in [4.69, 9.17) is 35.4 Å². The van der Waals surface area contributed by atoms with Crippen molar-refractivity contribution in [2.75, 3.05) is 10.6 Å². The highest BCUT2D eigenvalue weighted by Gasteiger charge is 2.10. The molecule has 0 fully saturated rings. The van der Waals surface area contributed by atoms with Crippen LogP contribution in [0.1, 0.15) is 16.8 Å². The van der Waals surface area contributed by atoms with Crippen LogP contribution < -0.4 is 10.6 Å². The van der Waals surface area contributed by atoms with Gasteiger partial charge in [-0.2, -0.15) is 10.2 Å². The SMILES string of the molecule is Cc1cc(NC(=S)Nc2ccn(Cc3ccccc3F)n2)nn1Cc1ccc(Cl)cc1Cl.